The van der Waals surface area contributed by atoms with E-state index in [0.29, 0.717) is 18.4 Å². The molecule has 1 saturated heterocycles. The molecule has 0 radical (unpaired) electrons. The Bertz CT molecular complexity index is 1260. The summed E-state index contributed by atoms with van der Waals surface area (Å²) in [6.07, 6.45) is 3.29. The molecule has 1 aromatic heterocycles. The van der Waals surface area contributed by atoms with Gasteiger partial charge in [-0.3, -0.25) is 4.79 Å². The van der Waals surface area contributed by atoms with Gasteiger partial charge in [0.15, 0.2) is 11.5 Å². The van der Waals surface area contributed by atoms with E-state index >= 15 is 0 Å². The Balaban J connectivity index is 1.46. The number of amides is 1. The number of hydrogen-bond donors (Lipinski definition) is 2. The van der Waals surface area contributed by atoms with Crippen molar-refractivity contribution in [2.24, 2.45) is 0 Å². The van der Waals surface area contributed by atoms with Gasteiger partial charge in [0.2, 0.25) is 10.0 Å². The third kappa shape index (κ3) is 4.97. The van der Waals surface area contributed by atoms with Gasteiger partial charge in [-0.15, -0.1) is 0 Å². The Kier molecular flexibility index (Phi) is 6.58. The number of sulfonamides is 1. The molecule has 2 heterocycles. The monoisotopic (exact) mass is 463 g/mol. The highest BCUT2D eigenvalue weighted by Gasteiger charge is 2.39. The standard InChI is InChI=1S/C24H25N5O3S/c1-17-7-12-21(13-18-5-3-2-4-6-18)33(31,32)29(17)15-19-8-10-20(11-9-19)24(30)28-23-22(14-25)26-16-27-23/h2-6,8-11,16-17,21H,7,12-13,15H2,1H3,(H,26,27)(H,28,30)/t17-,21?/m0/s1. The van der Waals surface area contributed by atoms with Gasteiger partial charge in [0.25, 0.3) is 5.91 Å². The number of carbonyl (C=O) groups excluding carboxylic acids is 1. The van der Waals surface area contributed by atoms with Crippen molar-refractivity contribution in [3.8, 4) is 6.07 Å². The lowest BCUT2D eigenvalue weighted by Crippen LogP contribution is -2.48. The molecule has 8 nitrogen and oxygen atoms in total. The predicted octanol–water partition coefficient (Wildman–Crippen LogP) is 3.46. The van der Waals surface area contributed by atoms with Gasteiger partial charge in [-0.25, -0.2) is 13.4 Å². The number of aromatic amines is 1. The van der Waals surface area contributed by atoms with Gasteiger partial charge in [0.05, 0.1) is 11.6 Å². The van der Waals surface area contributed by atoms with Crippen LogP contribution in [-0.2, 0) is 23.0 Å². The van der Waals surface area contributed by atoms with E-state index in [2.05, 4.69) is 15.3 Å². The third-order valence-electron chi connectivity index (χ3n) is 5.99. The van der Waals surface area contributed by atoms with Crippen molar-refractivity contribution in [1.29, 1.82) is 5.26 Å². The summed E-state index contributed by atoms with van der Waals surface area (Å²) in [6, 6.07) is 18.3. The second-order valence-corrected chi connectivity index (χ2v) is 10.4. The lowest BCUT2D eigenvalue weighted by atomic mass is 10.0. The van der Waals surface area contributed by atoms with Gasteiger partial charge in [-0.05, 0) is 49.4 Å². The van der Waals surface area contributed by atoms with Crippen molar-refractivity contribution < 1.29 is 13.2 Å². The predicted molar refractivity (Wildman–Crippen MR) is 125 cm³/mol. The Labute approximate surface area is 193 Å². The van der Waals surface area contributed by atoms with Crippen LogP contribution in [-0.4, -0.2) is 39.9 Å². The molecule has 0 bridgehead atoms. The first kappa shape index (κ1) is 22.7. The van der Waals surface area contributed by atoms with Crippen LogP contribution in [0.5, 0.6) is 0 Å². The fraction of sp³-hybridized carbons (Fsp3) is 0.292. The summed E-state index contributed by atoms with van der Waals surface area (Å²) in [5, 5.41) is 11.2. The van der Waals surface area contributed by atoms with Gasteiger partial charge in [-0.1, -0.05) is 42.5 Å². The molecule has 1 aliphatic heterocycles. The van der Waals surface area contributed by atoms with Crippen molar-refractivity contribution in [1.82, 2.24) is 14.3 Å². The largest absolute Gasteiger partial charge is 0.335 e. The number of nitrogens with zero attached hydrogens (tertiary/aromatic N) is 3. The molecule has 4 rings (SSSR count). The molecular weight excluding hydrogens is 438 g/mol. The number of nitriles is 1. The Morgan fingerprint density at radius 1 is 1.15 bits per heavy atom. The highest BCUT2D eigenvalue weighted by molar-refractivity contribution is 7.89. The number of imidazole rings is 1. The normalized spacial score (nSPS) is 20.1. The molecule has 0 spiro atoms. The van der Waals surface area contributed by atoms with Gasteiger partial charge < -0.3 is 10.3 Å². The molecule has 3 aromatic rings. The van der Waals surface area contributed by atoms with Gasteiger partial charge in [0.1, 0.15) is 6.07 Å². The summed E-state index contributed by atoms with van der Waals surface area (Å²) < 4.78 is 28.3. The molecule has 1 aliphatic rings. The number of benzene rings is 2. The summed E-state index contributed by atoms with van der Waals surface area (Å²) >= 11 is 0. The zero-order chi connectivity index (χ0) is 23.4. The topological polar surface area (TPSA) is 119 Å². The molecule has 2 N–H and O–H groups in total. The quantitative estimate of drug-likeness (QED) is 0.580. The van der Waals surface area contributed by atoms with Crippen molar-refractivity contribution in [2.45, 2.75) is 44.0 Å². The zero-order valence-corrected chi connectivity index (χ0v) is 19.0. The highest BCUT2D eigenvalue weighted by Crippen LogP contribution is 2.30. The Morgan fingerprint density at radius 2 is 1.88 bits per heavy atom. The molecule has 1 unspecified atom stereocenters. The lowest BCUT2D eigenvalue weighted by Gasteiger charge is -2.37. The van der Waals surface area contributed by atoms with Crippen molar-refractivity contribution in [3.05, 3.63) is 83.3 Å². The zero-order valence-electron chi connectivity index (χ0n) is 18.2. The van der Waals surface area contributed by atoms with E-state index in [4.69, 9.17) is 5.26 Å². The van der Waals surface area contributed by atoms with Crippen LogP contribution in [0.4, 0.5) is 5.82 Å². The maximum Gasteiger partial charge on any atom is 0.256 e. The third-order valence-corrected chi connectivity index (χ3v) is 8.38. The number of hydrogen-bond acceptors (Lipinski definition) is 5. The van der Waals surface area contributed by atoms with E-state index in [0.717, 1.165) is 17.5 Å². The van der Waals surface area contributed by atoms with E-state index in [1.807, 2.05) is 43.3 Å². The molecule has 1 amide bonds. The van der Waals surface area contributed by atoms with E-state index < -0.39 is 21.2 Å². The van der Waals surface area contributed by atoms with Crippen molar-refractivity contribution >= 4 is 21.7 Å². The number of rotatable bonds is 6. The molecule has 2 atom stereocenters. The SMILES string of the molecule is C[C@H]1CCC(Cc2ccccc2)S(=O)(=O)N1Cc1ccc(C(=O)Nc2nc[nH]c2C#N)cc1. The molecule has 9 heteroatoms. The van der Waals surface area contributed by atoms with Crippen LogP contribution in [0.3, 0.4) is 0 Å². The first-order chi connectivity index (χ1) is 15.9. The van der Waals surface area contributed by atoms with Crippen molar-refractivity contribution in [3.63, 3.8) is 0 Å². The summed E-state index contributed by atoms with van der Waals surface area (Å²) in [7, 11) is -3.47. The van der Waals surface area contributed by atoms with Crippen LogP contribution in [0.1, 0.15) is 46.9 Å². The number of H-pyrrole nitrogens is 1. The molecule has 0 aliphatic carbocycles. The number of nitrogens with one attached hydrogen (secondary N) is 2. The number of aromatic nitrogens is 2. The smallest absolute Gasteiger partial charge is 0.256 e. The first-order valence-corrected chi connectivity index (χ1v) is 12.3. The second-order valence-electron chi connectivity index (χ2n) is 8.22. The maximum atomic E-state index is 13.4. The average Bonchev–Trinajstić information content (AvgIpc) is 3.27. The van der Waals surface area contributed by atoms with Crippen LogP contribution in [0.25, 0.3) is 0 Å². The van der Waals surface area contributed by atoms with Crippen LogP contribution < -0.4 is 5.32 Å². The summed E-state index contributed by atoms with van der Waals surface area (Å²) in [4.78, 5) is 19.0. The van der Waals surface area contributed by atoms with Gasteiger partial charge in [-0.2, -0.15) is 9.57 Å². The Hall–Kier alpha value is -3.48. The van der Waals surface area contributed by atoms with E-state index in [-0.39, 0.29) is 24.1 Å². The maximum absolute atomic E-state index is 13.4. The minimum atomic E-state index is -3.47. The fourth-order valence-electron chi connectivity index (χ4n) is 4.09. The minimum absolute atomic E-state index is 0.0888. The van der Waals surface area contributed by atoms with Gasteiger partial charge in [0, 0.05) is 18.2 Å². The number of anilines is 1. The van der Waals surface area contributed by atoms with E-state index in [1.165, 1.54) is 6.33 Å². The minimum Gasteiger partial charge on any atom is -0.335 e. The van der Waals surface area contributed by atoms with Crippen LogP contribution in [0.15, 0.2) is 60.9 Å². The van der Waals surface area contributed by atoms with Crippen molar-refractivity contribution in [2.75, 3.05) is 5.32 Å². The fourth-order valence-corrected chi connectivity index (χ4v) is 6.24. The van der Waals surface area contributed by atoms with Crippen LogP contribution in [0, 0.1) is 11.3 Å². The molecule has 2 aromatic carbocycles. The summed E-state index contributed by atoms with van der Waals surface area (Å²) in [5.41, 5.74) is 2.39. The second kappa shape index (κ2) is 9.57. The summed E-state index contributed by atoms with van der Waals surface area (Å²) in [6.45, 7) is 2.20. The molecule has 1 fully saturated rings. The lowest BCUT2D eigenvalue weighted by molar-refractivity contribution is 0.102. The molecule has 170 valence electrons. The molecule has 33 heavy (non-hydrogen) atoms. The first-order valence-electron chi connectivity index (χ1n) is 10.8. The van der Waals surface area contributed by atoms with Crippen LogP contribution >= 0.6 is 0 Å². The average molecular weight is 464 g/mol. The molecular formula is C24H25N5O3S. The highest BCUT2D eigenvalue weighted by atomic mass is 32.2. The Morgan fingerprint density at radius 3 is 2.58 bits per heavy atom. The van der Waals surface area contributed by atoms with E-state index in [9.17, 15) is 13.2 Å². The van der Waals surface area contributed by atoms with Gasteiger partial charge >= 0.3 is 0 Å². The molecule has 0 saturated carbocycles. The summed E-state index contributed by atoms with van der Waals surface area (Å²) in [5.74, 6) is -0.226. The van der Waals surface area contributed by atoms with Crippen LogP contribution in [0.2, 0.25) is 0 Å². The number of carbonyl (C=O) groups is 1. The van der Waals surface area contributed by atoms with E-state index in [1.54, 1.807) is 28.6 Å².